The van der Waals surface area contributed by atoms with Gasteiger partial charge in [0, 0.05) is 12.1 Å². The Hall–Kier alpha value is -1.14. The number of rotatable bonds is 5. The fourth-order valence-electron chi connectivity index (χ4n) is 1.69. The molecule has 0 saturated carbocycles. The average Bonchev–Trinajstić information content (AvgIpc) is 2.41. The van der Waals surface area contributed by atoms with Crippen LogP contribution in [0.1, 0.15) is 12.5 Å². The third-order valence-corrected chi connectivity index (χ3v) is 3.54. The van der Waals surface area contributed by atoms with Gasteiger partial charge in [-0.05, 0) is 59.5 Å². The van der Waals surface area contributed by atoms with Gasteiger partial charge in [0.1, 0.15) is 17.3 Å². The van der Waals surface area contributed by atoms with Crippen molar-refractivity contribution in [3.63, 3.8) is 0 Å². The average molecular weight is 371 g/mol. The number of para-hydroxylation sites is 1. The Balaban J connectivity index is 2.26. The second kappa shape index (κ2) is 6.86. The molecule has 2 aromatic carbocycles. The molecule has 0 saturated heterocycles. The minimum Gasteiger partial charge on any atom is -0.456 e. The maximum Gasteiger partial charge on any atom is 0.140 e. The van der Waals surface area contributed by atoms with Crippen molar-refractivity contribution in [3.8, 4) is 11.5 Å². The molecule has 0 heterocycles. The Morgan fingerprint density at radius 1 is 1.16 bits per heavy atom. The van der Waals surface area contributed by atoms with Crippen LogP contribution in [0.2, 0.25) is 0 Å². The molecule has 2 aromatic rings. The zero-order valence-electron chi connectivity index (χ0n) is 10.6. The lowest BCUT2D eigenvalue weighted by Crippen LogP contribution is -2.12. The molecule has 0 atom stereocenters. The number of nitrogens with one attached hydrogen (secondary N) is 1. The smallest absolute Gasteiger partial charge is 0.140 e. The molecule has 100 valence electrons. The standard InChI is InChI=1S/C15H15FINO/c1-2-18-10-11-9-12(16)7-8-14(11)19-15-6-4-3-5-13(15)17/h3-9,18H,2,10H2,1H3. The first-order valence-electron chi connectivity index (χ1n) is 6.12. The van der Waals surface area contributed by atoms with E-state index in [9.17, 15) is 4.39 Å². The third kappa shape index (κ3) is 3.91. The van der Waals surface area contributed by atoms with Crippen LogP contribution < -0.4 is 10.1 Å². The molecule has 0 aliphatic carbocycles. The summed E-state index contributed by atoms with van der Waals surface area (Å²) in [5, 5.41) is 3.18. The number of halogens is 2. The van der Waals surface area contributed by atoms with Crippen LogP contribution in [0.4, 0.5) is 4.39 Å². The predicted octanol–water partition coefficient (Wildman–Crippen LogP) is 4.33. The van der Waals surface area contributed by atoms with E-state index in [-0.39, 0.29) is 5.82 Å². The molecule has 2 rings (SSSR count). The highest BCUT2D eigenvalue weighted by Crippen LogP contribution is 2.29. The SMILES string of the molecule is CCNCc1cc(F)ccc1Oc1ccccc1I. The highest BCUT2D eigenvalue weighted by atomic mass is 127. The normalized spacial score (nSPS) is 10.5. The van der Waals surface area contributed by atoms with E-state index < -0.39 is 0 Å². The van der Waals surface area contributed by atoms with Crippen molar-refractivity contribution in [2.75, 3.05) is 6.54 Å². The van der Waals surface area contributed by atoms with E-state index in [1.165, 1.54) is 12.1 Å². The quantitative estimate of drug-likeness (QED) is 0.790. The fraction of sp³-hybridized carbons (Fsp3) is 0.200. The van der Waals surface area contributed by atoms with Gasteiger partial charge in [-0.3, -0.25) is 0 Å². The van der Waals surface area contributed by atoms with Crippen molar-refractivity contribution in [2.45, 2.75) is 13.5 Å². The zero-order chi connectivity index (χ0) is 13.7. The van der Waals surface area contributed by atoms with Crippen molar-refractivity contribution in [2.24, 2.45) is 0 Å². The van der Waals surface area contributed by atoms with Gasteiger partial charge in [-0.15, -0.1) is 0 Å². The summed E-state index contributed by atoms with van der Waals surface area (Å²) in [4.78, 5) is 0. The van der Waals surface area contributed by atoms with Crippen LogP contribution in [0.3, 0.4) is 0 Å². The van der Waals surface area contributed by atoms with E-state index in [0.29, 0.717) is 12.3 Å². The van der Waals surface area contributed by atoms with Crippen LogP contribution in [-0.4, -0.2) is 6.54 Å². The van der Waals surface area contributed by atoms with Crippen LogP contribution in [0.5, 0.6) is 11.5 Å². The van der Waals surface area contributed by atoms with Gasteiger partial charge in [-0.1, -0.05) is 19.1 Å². The molecule has 0 unspecified atom stereocenters. The second-order valence-corrected chi connectivity index (χ2v) is 5.23. The van der Waals surface area contributed by atoms with Crippen LogP contribution in [-0.2, 0) is 6.54 Å². The highest BCUT2D eigenvalue weighted by Gasteiger charge is 2.08. The molecular formula is C15H15FINO. The zero-order valence-corrected chi connectivity index (χ0v) is 12.8. The van der Waals surface area contributed by atoms with Crippen molar-refractivity contribution in [3.05, 3.63) is 57.4 Å². The fourth-order valence-corrected chi connectivity index (χ4v) is 2.19. The maximum atomic E-state index is 13.3. The molecule has 0 fully saturated rings. The Morgan fingerprint density at radius 2 is 1.95 bits per heavy atom. The van der Waals surface area contributed by atoms with E-state index in [4.69, 9.17) is 4.74 Å². The summed E-state index contributed by atoms with van der Waals surface area (Å²) in [5.74, 6) is 1.22. The van der Waals surface area contributed by atoms with Gasteiger partial charge in [0.15, 0.2) is 0 Å². The van der Waals surface area contributed by atoms with Crippen LogP contribution in [0, 0.1) is 9.39 Å². The first-order valence-corrected chi connectivity index (χ1v) is 7.20. The van der Waals surface area contributed by atoms with Crippen molar-refractivity contribution in [1.29, 1.82) is 0 Å². The van der Waals surface area contributed by atoms with Crippen LogP contribution >= 0.6 is 22.6 Å². The number of benzene rings is 2. The maximum absolute atomic E-state index is 13.3. The van der Waals surface area contributed by atoms with Crippen molar-refractivity contribution in [1.82, 2.24) is 5.32 Å². The molecule has 0 radical (unpaired) electrons. The summed E-state index contributed by atoms with van der Waals surface area (Å²) in [7, 11) is 0. The lowest BCUT2D eigenvalue weighted by molar-refractivity contribution is 0.467. The van der Waals surface area contributed by atoms with Gasteiger partial charge in [0.2, 0.25) is 0 Å². The predicted molar refractivity (Wildman–Crippen MR) is 83.0 cm³/mol. The Morgan fingerprint density at radius 3 is 2.68 bits per heavy atom. The second-order valence-electron chi connectivity index (χ2n) is 4.06. The molecule has 1 N–H and O–H groups in total. The topological polar surface area (TPSA) is 21.3 Å². The summed E-state index contributed by atoms with van der Waals surface area (Å²) in [6, 6.07) is 12.4. The number of hydrogen-bond acceptors (Lipinski definition) is 2. The van der Waals surface area contributed by atoms with Crippen molar-refractivity contribution < 1.29 is 9.13 Å². The summed E-state index contributed by atoms with van der Waals surface area (Å²) < 4.78 is 20.2. The molecule has 2 nitrogen and oxygen atoms in total. The molecule has 4 heteroatoms. The lowest BCUT2D eigenvalue weighted by atomic mass is 10.2. The summed E-state index contributed by atoms with van der Waals surface area (Å²) in [6.45, 7) is 3.44. The minimum atomic E-state index is -0.247. The highest BCUT2D eigenvalue weighted by molar-refractivity contribution is 14.1. The Bertz CT molecular complexity index is 560. The Labute approximate surface area is 126 Å². The first kappa shape index (κ1) is 14.3. The van der Waals surface area contributed by atoms with Gasteiger partial charge < -0.3 is 10.1 Å². The van der Waals surface area contributed by atoms with Crippen LogP contribution in [0.25, 0.3) is 0 Å². The molecular weight excluding hydrogens is 356 g/mol. The molecule has 0 aromatic heterocycles. The van der Waals surface area contributed by atoms with Gasteiger partial charge in [0.25, 0.3) is 0 Å². The number of ether oxygens (including phenoxy) is 1. The molecule has 0 amide bonds. The largest absolute Gasteiger partial charge is 0.456 e. The van der Waals surface area contributed by atoms with Crippen LogP contribution in [0.15, 0.2) is 42.5 Å². The van der Waals surface area contributed by atoms with E-state index in [2.05, 4.69) is 27.9 Å². The van der Waals surface area contributed by atoms with E-state index in [1.54, 1.807) is 6.07 Å². The van der Waals surface area contributed by atoms with Gasteiger partial charge in [-0.2, -0.15) is 0 Å². The van der Waals surface area contributed by atoms with E-state index in [1.807, 2.05) is 31.2 Å². The summed E-state index contributed by atoms with van der Waals surface area (Å²) in [6.07, 6.45) is 0. The van der Waals surface area contributed by atoms with Crippen molar-refractivity contribution >= 4 is 22.6 Å². The van der Waals surface area contributed by atoms with E-state index in [0.717, 1.165) is 21.4 Å². The minimum absolute atomic E-state index is 0.247. The monoisotopic (exact) mass is 371 g/mol. The Kier molecular flexibility index (Phi) is 5.15. The molecule has 0 aliphatic rings. The molecule has 0 aliphatic heterocycles. The summed E-state index contributed by atoms with van der Waals surface area (Å²) in [5.41, 5.74) is 0.821. The first-order chi connectivity index (χ1) is 9.20. The molecule has 0 spiro atoms. The van der Waals surface area contributed by atoms with Gasteiger partial charge in [0.05, 0.1) is 3.57 Å². The molecule has 19 heavy (non-hydrogen) atoms. The van der Waals surface area contributed by atoms with E-state index >= 15 is 0 Å². The summed E-state index contributed by atoms with van der Waals surface area (Å²) >= 11 is 2.22. The number of hydrogen-bond donors (Lipinski definition) is 1. The molecule has 0 bridgehead atoms. The van der Waals surface area contributed by atoms with Gasteiger partial charge in [-0.25, -0.2) is 4.39 Å². The van der Waals surface area contributed by atoms with Gasteiger partial charge >= 0.3 is 0 Å². The lowest BCUT2D eigenvalue weighted by Gasteiger charge is -2.12. The third-order valence-electron chi connectivity index (χ3n) is 2.64.